The van der Waals surface area contributed by atoms with E-state index >= 15 is 0 Å². The van der Waals surface area contributed by atoms with E-state index in [1.54, 1.807) is 0 Å². The molecule has 2 rings (SSSR count). The van der Waals surface area contributed by atoms with Crippen molar-refractivity contribution in [2.75, 3.05) is 27.2 Å². The highest BCUT2D eigenvalue weighted by Crippen LogP contribution is 2.24. The van der Waals surface area contributed by atoms with Crippen LogP contribution in [0.25, 0.3) is 11.3 Å². The quantitative estimate of drug-likeness (QED) is 0.800. The number of carbonyl (C=O) groups is 2. The number of amides is 2. The summed E-state index contributed by atoms with van der Waals surface area (Å²) in [5.41, 5.74) is 0.941. The second-order valence-corrected chi connectivity index (χ2v) is 5.83. The summed E-state index contributed by atoms with van der Waals surface area (Å²) in [7, 11) is 3.33. The minimum atomic E-state index is -0.232. The molecule has 0 fully saturated rings. The Morgan fingerprint density at radius 2 is 1.83 bits per heavy atom. The molecule has 0 bridgehead atoms. The molecule has 0 aliphatic heterocycles. The molecule has 24 heavy (non-hydrogen) atoms. The van der Waals surface area contributed by atoms with Gasteiger partial charge in [0.2, 0.25) is 11.8 Å². The Bertz CT molecular complexity index is 697. The molecular weight excluding hydrogens is 330 g/mol. The molecule has 0 radical (unpaired) electrons. The molecule has 1 heterocycles. The molecule has 0 spiro atoms. The maximum atomic E-state index is 11.7. The van der Waals surface area contributed by atoms with Gasteiger partial charge in [-0.2, -0.15) is 0 Å². The van der Waals surface area contributed by atoms with Crippen LogP contribution in [0.2, 0.25) is 5.02 Å². The fraction of sp³-hybridized carbons (Fsp3) is 0.294. The van der Waals surface area contributed by atoms with Crippen molar-refractivity contribution in [1.82, 2.24) is 15.5 Å². The second-order valence-electron chi connectivity index (χ2n) is 5.40. The van der Waals surface area contributed by atoms with E-state index in [1.165, 1.54) is 7.05 Å². The fourth-order valence-electron chi connectivity index (χ4n) is 2.12. The highest BCUT2D eigenvalue weighted by Gasteiger charge is 2.11. The van der Waals surface area contributed by atoms with Crippen LogP contribution in [-0.4, -0.2) is 43.9 Å². The van der Waals surface area contributed by atoms with Gasteiger partial charge in [0.25, 0.3) is 0 Å². The molecular formula is C17H20ClN3O3. The van der Waals surface area contributed by atoms with Gasteiger partial charge in [0.15, 0.2) is 0 Å². The summed E-state index contributed by atoms with van der Waals surface area (Å²) in [4.78, 5) is 24.6. The largest absolute Gasteiger partial charge is 0.460 e. The number of likely N-dealkylation sites (N-methyl/N-ethyl adjacent to an activating group) is 2. The van der Waals surface area contributed by atoms with Crippen LogP contribution in [-0.2, 0) is 16.1 Å². The molecule has 0 unspecified atom stereocenters. The third-order valence-electron chi connectivity index (χ3n) is 3.35. The summed E-state index contributed by atoms with van der Waals surface area (Å²) in [6, 6.07) is 11.2. The van der Waals surface area contributed by atoms with Crippen LogP contribution in [0.4, 0.5) is 0 Å². The van der Waals surface area contributed by atoms with Crippen molar-refractivity contribution in [2.24, 2.45) is 0 Å². The Hall–Kier alpha value is -2.31. The van der Waals surface area contributed by atoms with E-state index in [-0.39, 0.29) is 24.9 Å². The van der Waals surface area contributed by atoms with Crippen LogP contribution < -0.4 is 10.6 Å². The smallest absolute Gasteiger partial charge is 0.239 e. The van der Waals surface area contributed by atoms with Gasteiger partial charge >= 0.3 is 0 Å². The Morgan fingerprint density at radius 3 is 2.50 bits per heavy atom. The van der Waals surface area contributed by atoms with Crippen LogP contribution in [0, 0.1) is 0 Å². The second kappa shape index (κ2) is 8.52. The molecule has 2 amide bonds. The zero-order valence-electron chi connectivity index (χ0n) is 13.6. The van der Waals surface area contributed by atoms with Crippen molar-refractivity contribution in [3.8, 4) is 11.3 Å². The summed E-state index contributed by atoms with van der Waals surface area (Å²) in [6.07, 6.45) is 0. The van der Waals surface area contributed by atoms with Gasteiger partial charge in [0.05, 0.1) is 19.6 Å². The lowest BCUT2D eigenvalue weighted by Crippen LogP contribution is -2.40. The number of nitrogens with one attached hydrogen (secondary N) is 2. The van der Waals surface area contributed by atoms with Crippen molar-refractivity contribution < 1.29 is 14.0 Å². The number of carbonyl (C=O) groups excluding carboxylic acids is 2. The van der Waals surface area contributed by atoms with E-state index < -0.39 is 0 Å². The fourth-order valence-corrected chi connectivity index (χ4v) is 2.25. The number of hydrogen-bond acceptors (Lipinski definition) is 4. The maximum Gasteiger partial charge on any atom is 0.239 e. The average Bonchev–Trinajstić information content (AvgIpc) is 3.01. The molecule has 1 aromatic heterocycles. The Kier molecular flexibility index (Phi) is 6.40. The molecule has 2 N–H and O–H groups in total. The molecule has 6 nitrogen and oxygen atoms in total. The first kappa shape index (κ1) is 18.0. The number of rotatable bonds is 7. The minimum absolute atomic E-state index is 0.0232. The lowest BCUT2D eigenvalue weighted by molar-refractivity contribution is -0.126. The first-order chi connectivity index (χ1) is 11.5. The molecule has 0 saturated heterocycles. The third kappa shape index (κ3) is 5.40. The summed E-state index contributed by atoms with van der Waals surface area (Å²) in [6.45, 7) is 0.638. The lowest BCUT2D eigenvalue weighted by Gasteiger charge is -2.14. The Balaban J connectivity index is 1.86. The van der Waals surface area contributed by atoms with Crippen LogP contribution in [0.15, 0.2) is 40.8 Å². The highest BCUT2D eigenvalue weighted by molar-refractivity contribution is 6.30. The van der Waals surface area contributed by atoms with E-state index in [0.29, 0.717) is 11.6 Å². The van der Waals surface area contributed by atoms with Crippen molar-refractivity contribution in [2.45, 2.75) is 6.54 Å². The molecule has 2 aromatic rings. The van der Waals surface area contributed by atoms with E-state index in [1.807, 2.05) is 48.3 Å². The minimum Gasteiger partial charge on any atom is -0.460 e. The van der Waals surface area contributed by atoms with Gasteiger partial charge in [-0.25, -0.2) is 0 Å². The van der Waals surface area contributed by atoms with E-state index in [4.69, 9.17) is 16.0 Å². The van der Waals surface area contributed by atoms with Gasteiger partial charge < -0.3 is 15.1 Å². The molecule has 7 heteroatoms. The molecule has 1 aromatic carbocycles. The van der Waals surface area contributed by atoms with Crippen molar-refractivity contribution >= 4 is 23.4 Å². The number of nitrogens with zero attached hydrogens (tertiary/aromatic N) is 1. The average molecular weight is 350 g/mol. The van der Waals surface area contributed by atoms with Crippen molar-refractivity contribution in [3.05, 3.63) is 47.2 Å². The molecule has 0 saturated carbocycles. The van der Waals surface area contributed by atoms with Crippen LogP contribution >= 0.6 is 11.6 Å². The number of halogens is 1. The lowest BCUT2D eigenvalue weighted by atomic mass is 10.2. The SMILES string of the molecule is CNC(=O)CNC(=O)CN(C)Cc1ccc(-c2ccc(Cl)cc2)o1. The third-order valence-corrected chi connectivity index (χ3v) is 3.61. The molecule has 0 aliphatic rings. The number of benzene rings is 1. The number of hydrogen-bond donors (Lipinski definition) is 2. The predicted molar refractivity (Wildman–Crippen MR) is 92.6 cm³/mol. The molecule has 128 valence electrons. The Labute approximate surface area is 145 Å². The monoisotopic (exact) mass is 349 g/mol. The van der Waals surface area contributed by atoms with Crippen molar-refractivity contribution in [1.29, 1.82) is 0 Å². The summed E-state index contributed by atoms with van der Waals surface area (Å²) >= 11 is 5.88. The first-order valence-corrected chi connectivity index (χ1v) is 7.86. The summed E-state index contributed by atoms with van der Waals surface area (Å²) in [5, 5.41) is 5.67. The predicted octanol–water partition coefficient (Wildman–Crippen LogP) is 1.89. The molecule has 0 aliphatic carbocycles. The highest BCUT2D eigenvalue weighted by atomic mass is 35.5. The van der Waals surface area contributed by atoms with Gasteiger partial charge in [-0.1, -0.05) is 11.6 Å². The van der Waals surface area contributed by atoms with Gasteiger partial charge in [-0.15, -0.1) is 0 Å². The van der Waals surface area contributed by atoms with Gasteiger partial charge in [0.1, 0.15) is 11.5 Å². The summed E-state index contributed by atoms with van der Waals surface area (Å²) < 4.78 is 5.80. The van der Waals surface area contributed by atoms with E-state index in [0.717, 1.165) is 17.1 Å². The summed E-state index contributed by atoms with van der Waals surface area (Å²) in [5.74, 6) is 1.05. The normalized spacial score (nSPS) is 10.7. The van der Waals surface area contributed by atoms with E-state index in [2.05, 4.69) is 10.6 Å². The van der Waals surface area contributed by atoms with Crippen LogP contribution in [0.1, 0.15) is 5.76 Å². The van der Waals surface area contributed by atoms with Crippen LogP contribution in [0.5, 0.6) is 0 Å². The van der Waals surface area contributed by atoms with Gasteiger partial charge in [-0.05, 0) is 43.4 Å². The van der Waals surface area contributed by atoms with Gasteiger partial charge in [0, 0.05) is 17.6 Å². The molecule has 0 atom stereocenters. The zero-order valence-corrected chi connectivity index (χ0v) is 14.4. The standard InChI is InChI=1S/C17H20ClN3O3/c1-19-16(22)9-20-17(23)11-21(2)10-14-7-8-15(24-14)12-3-5-13(18)6-4-12/h3-8H,9-11H2,1-2H3,(H,19,22)(H,20,23). The van der Waals surface area contributed by atoms with E-state index in [9.17, 15) is 9.59 Å². The topological polar surface area (TPSA) is 74.6 Å². The zero-order chi connectivity index (χ0) is 17.5. The Morgan fingerprint density at radius 1 is 1.12 bits per heavy atom. The van der Waals surface area contributed by atoms with Crippen molar-refractivity contribution in [3.63, 3.8) is 0 Å². The van der Waals surface area contributed by atoms with Crippen LogP contribution in [0.3, 0.4) is 0 Å². The van der Waals surface area contributed by atoms with Gasteiger partial charge in [-0.3, -0.25) is 14.5 Å². The number of furan rings is 1. The maximum absolute atomic E-state index is 11.7. The first-order valence-electron chi connectivity index (χ1n) is 7.48.